The number of fused-ring (bicyclic) bond motifs is 9. The molecule has 0 unspecified atom stereocenters. The van der Waals surface area contributed by atoms with E-state index in [0.29, 0.717) is 66.3 Å². The summed E-state index contributed by atoms with van der Waals surface area (Å²) in [5.41, 5.74) is 6.61. The Morgan fingerprint density at radius 1 is 0.812 bits per heavy atom. The molecule has 5 atom stereocenters. The highest BCUT2D eigenvalue weighted by atomic mass is 19.1. The van der Waals surface area contributed by atoms with Crippen LogP contribution in [0.4, 0.5) is 26.1 Å². The van der Waals surface area contributed by atoms with Gasteiger partial charge in [0.1, 0.15) is 11.6 Å². The first-order chi connectivity index (χ1) is 30.8. The van der Waals surface area contributed by atoms with E-state index in [0.717, 1.165) is 85.4 Å². The molecular weight excluding hydrogens is 819 g/mol. The smallest absolute Gasteiger partial charge is 0.258 e. The first kappa shape index (κ1) is 42.1. The van der Waals surface area contributed by atoms with Crippen molar-refractivity contribution in [2.45, 2.75) is 103 Å². The zero-order valence-electron chi connectivity index (χ0n) is 37.2. The minimum Gasteiger partial charge on any atom is -0.477 e. The molecule has 5 aliphatic rings. The summed E-state index contributed by atoms with van der Waals surface area (Å²) in [5, 5.41) is 10.1. The number of halogens is 2. The van der Waals surface area contributed by atoms with E-state index in [4.69, 9.17) is 14.7 Å². The average Bonchev–Trinajstić information content (AvgIpc) is 3.94. The molecule has 2 aromatic carbocycles. The number of imide groups is 1. The molecule has 2 N–H and O–H groups in total. The molecular formula is C48H56F2N10O4. The number of hydrogen-bond acceptors (Lipinski definition) is 10. The van der Waals surface area contributed by atoms with Crippen molar-refractivity contribution in [3.05, 3.63) is 76.6 Å². The van der Waals surface area contributed by atoms with Crippen molar-refractivity contribution in [2.24, 2.45) is 18.9 Å². The molecule has 10 rings (SSSR count). The van der Waals surface area contributed by atoms with E-state index in [1.165, 1.54) is 12.1 Å². The molecule has 4 aliphatic heterocycles. The van der Waals surface area contributed by atoms with Gasteiger partial charge in [0.2, 0.25) is 23.6 Å². The summed E-state index contributed by atoms with van der Waals surface area (Å²) >= 11 is 0. The molecule has 7 heterocycles. The molecule has 16 heteroatoms. The lowest BCUT2D eigenvalue weighted by Crippen LogP contribution is -2.60. The number of hydrogen-bond donors (Lipinski definition) is 2. The van der Waals surface area contributed by atoms with Gasteiger partial charge in [-0.3, -0.25) is 34.9 Å². The number of imidazole rings is 1. The summed E-state index contributed by atoms with van der Waals surface area (Å²) in [4.78, 5) is 55.1. The van der Waals surface area contributed by atoms with Crippen molar-refractivity contribution in [1.29, 1.82) is 0 Å². The monoisotopic (exact) mass is 874 g/mol. The Morgan fingerprint density at radius 3 is 2.34 bits per heavy atom. The van der Waals surface area contributed by atoms with Crippen LogP contribution < -0.4 is 25.2 Å². The molecule has 5 aromatic rings. The van der Waals surface area contributed by atoms with E-state index in [-0.39, 0.29) is 36.4 Å². The number of nitrogens with zero attached hydrogens (tertiary/aromatic N) is 8. The molecule has 3 saturated heterocycles. The fraction of sp³-hybridized carbons (Fsp3) is 0.500. The minimum atomic E-state index is -1.02. The van der Waals surface area contributed by atoms with Crippen molar-refractivity contribution < 1.29 is 27.9 Å². The van der Waals surface area contributed by atoms with E-state index in [2.05, 4.69) is 62.1 Å². The molecule has 4 bridgehead atoms. The topological polar surface area (TPSA) is 143 Å². The molecule has 0 radical (unpaired) electrons. The summed E-state index contributed by atoms with van der Waals surface area (Å²) in [6.45, 7) is 12.7. The van der Waals surface area contributed by atoms with Gasteiger partial charge < -0.3 is 19.1 Å². The van der Waals surface area contributed by atoms with Crippen LogP contribution in [0.2, 0.25) is 0 Å². The number of piperidine rings is 2. The molecule has 0 spiro atoms. The summed E-state index contributed by atoms with van der Waals surface area (Å²) in [6, 6.07) is 13.5. The first-order valence-corrected chi connectivity index (χ1v) is 22.8. The van der Waals surface area contributed by atoms with Gasteiger partial charge in [0.05, 0.1) is 40.5 Å². The van der Waals surface area contributed by atoms with Crippen LogP contribution in [0.3, 0.4) is 0 Å². The van der Waals surface area contributed by atoms with E-state index < -0.39 is 29.4 Å². The molecule has 3 amide bonds. The lowest BCUT2D eigenvalue weighted by molar-refractivity contribution is -0.134. The Morgan fingerprint density at radius 2 is 1.58 bits per heavy atom. The van der Waals surface area contributed by atoms with Crippen LogP contribution in [0.5, 0.6) is 5.88 Å². The third-order valence-electron chi connectivity index (χ3n) is 14.5. The lowest BCUT2D eigenvalue weighted by atomic mass is 9.89. The first-order valence-electron chi connectivity index (χ1n) is 22.8. The van der Waals surface area contributed by atoms with Gasteiger partial charge in [-0.15, -0.1) is 0 Å². The van der Waals surface area contributed by atoms with Gasteiger partial charge in [0, 0.05) is 92.5 Å². The second-order valence-electron chi connectivity index (χ2n) is 18.9. The number of piperazine rings is 1. The third-order valence-corrected chi connectivity index (χ3v) is 14.5. The lowest BCUT2D eigenvalue weighted by Gasteiger charge is -2.50. The van der Waals surface area contributed by atoms with Gasteiger partial charge >= 0.3 is 0 Å². The van der Waals surface area contributed by atoms with Crippen LogP contribution in [0.1, 0.15) is 92.0 Å². The SMILES string of the molecule is Cc1cc2cc(n1)-c1c(C)nn(C)c1OC[C@H]1CC[C@H](C1)Cn1c(nc3ccc(N4C[C@H](C)N(C5CCN(c6cc(F)c([C@H]7CCC(=O)NC7=O)c(F)c6)CC5)C[C@H]4C)cc31)NC2=O. The van der Waals surface area contributed by atoms with Gasteiger partial charge in [-0.05, 0) is 121 Å². The third kappa shape index (κ3) is 7.77. The van der Waals surface area contributed by atoms with Crippen LogP contribution in [0.15, 0.2) is 42.5 Å². The molecule has 3 aromatic heterocycles. The highest BCUT2D eigenvalue weighted by molar-refractivity contribution is 6.05. The van der Waals surface area contributed by atoms with Crippen LogP contribution in [0.25, 0.3) is 22.3 Å². The van der Waals surface area contributed by atoms with Crippen LogP contribution >= 0.6 is 0 Å². The van der Waals surface area contributed by atoms with Gasteiger partial charge in [0.15, 0.2) is 0 Å². The Kier molecular flexibility index (Phi) is 10.9. The van der Waals surface area contributed by atoms with Crippen LogP contribution in [-0.2, 0) is 23.2 Å². The molecule has 14 nitrogen and oxygen atoms in total. The Hall–Kier alpha value is -5.90. The predicted molar refractivity (Wildman–Crippen MR) is 240 cm³/mol. The van der Waals surface area contributed by atoms with Crippen LogP contribution in [-0.4, -0.2) is 97.8 Å². The quantitative estimate of drug-likeness (QED) is 0.184. The van der Waals surface area contributed by atoms with E-state index in [1.807, 2.05) is 31.9 Å². The fourth-order valence-electron chi connectivity index (χ4n) is 11.3. The van der Waals surface area contributed by atoms with E-state index >= 15 is 8.78 Å². The number of nitrogens with one attached hydrogen (secondary N) is 2. The predicted octanol–water partition coefficient (Wildman–Crippen LogP) is 6.88. The van der Waals surface area contributed by atoms with Crippen molar-refractivity contribution in [2.75, 3.05) is 47.9 Å². The number of pyridine rings is 1. The summed E-state index contributed by atoms with van der Waals surface area (Å²) in [6.07, 6.45) is 4.97. The zero-order chi connectivity index (χ0) is 44.6. The Bertz CT molecular complexity index is 2650. The summed E-state index contributed by atoms with van der Waals surface area (Å²) in [7, 11) is 1.89. The number of carbonyl (C=O) groups excluding carboxylic acids is 3. The van der Waals surface area contributed by atoms with Crippen LogP contribution in [0, 0.1) is 37.3 Å². The molecule has 1 saturated carbocycles. The van der Waals surface area contributed by atoms with Gasteiger partial charge in [0.25, 0.3) is 5.91 Å². The van der Waals surface area contributed by atoms with Gasteiger partial charge in [-0.2, -0.15) is 5.10 Å². The standard InChI is InChI=1S/C48H56F2N10O4/c1-26-16-32-18-40(51-26)43-29(4)55-56(5)47(43)64-25-31-7-6-30(17-31)24-60-41-21-34(8-10-39(41)52-48(60)54-45(32)62)59-23-27(2)58(22-28(59)3)33-12-14-57(15-13-33)35-19-37(49)44(38(50)20-35)36-9-11-42(61)53-46(36)63/h8,10,16,18-21,27-28,30-31,33,36H,6-7,9,11-15,17,22-25H2,1-5H3,(H,52,54,62)(H,53,61,63)/t27-,28+,30+,31-,36+/m0/s1. The Balaban J connectivity index is 0.858. The maximum atomic E-state index is 15.4. The summed E-state index contributed by atoms with van der Waals surface area (Å²) in [5.74, 6) is -1.86. The number of rotatable bonds is 4. The van der Waals surface area contributed by atoms with Crippen molar-refractivity contribution in [3.8, 4) is 17.1 Å². The number of ether oxygens (including phenoxy) is 1. The Labute approximate surface area is 371 Å². The maximum Gasteiger partial charge on any atom is 0.258 e. The molecule has 1 aliphatic carbocycles. The molecule has 336 valence electrons. The van der Waals surface area contributed by atoms with Crippen molar-refractivity contribution in [3.63, 3.8) is 0 Å². The van der Waals surface area contributed by atoms with Crippen molar-refractivity contribution in [1.82, 2.24) is 34.5 Å². The number of amides is 3. The van der Waals surface area contributed by atoms with Crippen molar-refractivity contribution >= 4 is 46.1 Å². The zero-order valence-corrected chi connectivity index (χ0v) is 37.2. The average molecular weight is 875 g/mol. The maximum absolute atomic E-state index is 15.4. The number of carbonyl (C=O) groups is 3. The second kappa shape index (κ2) is 16.6. The second-order valence-corrected chi connectivity index (χ2v) is 18.9. The highest BCUT2D eigenvalue weighted by Gasteiger charge is 2.37. The normalized spacial score (nSPS) is 24.7. The largest absolute Gasteiger partial charge is 0.477 e. The minimum absolute atomic E-state index is 0.0553. The fourth-order valence-corrected chi connectivity index (χ4v) is 11.3. The number of anilines is 3. The molecule has 64 heavy (non-hydrogen) atoms. The number of benzene rings is 2. The van der Waals surface area contributed by atoms with Gasteiger partial charge in [-0.1, -0.05) is 0 Å². The number of aromatic nitrogens is 5. The van der Waals surface area contributed by atoms with E-state index in [9.17, 15) is 14.4 Å². The summed E-state index contributed by atoms with van der Waals surface area (Å²) < 4.78 is 41.3. The highest BCUT2D eigenvalue weighted by Crippen LogP contribution is 2.39. The van der Waals surface area contributed by atoms with Gasteiger partial charge in [-0.25, -0.2) is 18.4 Å². The molecule has 4 fully saturated rings. The number of aryl methyl sites for hydroxylation is 3. The van der Waals surface area contributed by atoms with E-state index in [1.54, 1.807) is 10.7 Å².